The van der Waals surface area contributed by atoms with Gasteiger partial charge in [-0.1, -0.05) is 66.2 Å². The highest BCUT2D eigenvalue weighted by atomic mass is 35.5. The van der Waals surface area contributed by atoms with Crippen LogP contribution in [0.15, 0.2) is 66.0 Å². The molecule has 2 aromatic carbocycles. The Kier molecular flexibility index (Phi) is 4.64. The average Bonchev–Trinajstić information content (AvgIpc) is 2.94. The maximum Gasteiger partial charge on any atom is 0.0942 e. The molecule has 3 heteroatoms. The second kappa shape index (κ2) is 6.65. The molecule has 3 rings (SSSR count). The summed E-state index contributed by atoms with van der Waals surface area (Å²) in [5.41, 5.74) is 3.68. The van der Waals surface area contributed by atoms with E-state index >= 15 is 0 Å². The van der Waals surface area contributed by atoms with Gasteiger partial charge in [-0.15, -0.1) is 22.9 Å². The largest absolute Gasteiger partial charge is 0.145 e. The Bertz CT molecular complexity index is 702. The van der Waals surface area contributed by atoms with E-state index in [-0.39, 0.29) is 5.38 Å². The molecule has 21 heavy (non-hydrogen) atoms. The fourth-order valence-corrected chi connectivity index (χ4v) is 3.91. The highest BCUT2D eigenvalue weighted by molar-refractivity contribution is 7.11. The van der Waals surface area contributed by atoms with E-state index in [0.717, 1.165) is 21.9 Å². The van der Waals surface area contributed by atoms with Gasteiger partial charge >= 0.3 is 0 Å². The number of hydrogen-bond donors (Lipinski definition) is 0. The quantitative estimate of drug-likeness (QED) is 0.490. The lowest BCUT2D eigenvalue weighted by molar-refractivity contribution is 1.15. The van der Waals surface area contributed by atoms with Gasteiger partial charge in [-0.25, -0.2) is 0 Å². The van der Waals surface area contributed by atoms with Crippen LogP contribution >= 0.6 is 34.5 Å². The van der Waals surface area contributed by atoms with E-state index in [1.807, 2.05) is 17.5 Å². The zero-order chi connectivity index (χ0) is 14.7. The van der Waals surface area contributed by atoms with E-state index < -0.39 is 0 Å². The molecule has 0 saturated carbocycles. The van der Waals surface area contributed by atoms with Crippen molar-refractivity contribution in [3.8, 4) is 0 Å². The first kappa shape index (κ1) is 14.6. The van der Waals surface area contributed by atoms with Crippen LogP contribution in [0.5, 0.6) is 0 Å². The molecular formula is C18H14Cl2S. The average molecular weight is 333 g/mol. The van der Waals surface area contributed by atoms with Gasteiger partial charge in [-0.05, 0) is 34.6 Å². The van der Waals surface area contributed by atoms with Crippen LogP contribution in [0.2, 0.25) is 5.02 Å². The SMILES string of the molecule is Clc1ccsc1C(Cl)c1ccc(Cc2ccccc2)cc1. The zero-order valence-corrected chi connectivity index (χ0v) is 13.6. The van der Waals surface area contributed by atoms with E-state index in [9.17, 15) is 0 Å². The molecule has 0 aliphatic rings. The third kappa shape index (κ3) is 3.49. The molecule has 1 aromatic heterocycles. The predicted molar refractivity (Wildman–Crippen MR) is 92.7 cm³/mol. The van der Waals surface area contributed by atoms with Crippen LogP contribution in [0.4, 0.5) is 0 Å². The van der Waals surface area contributed by atoms with Gasteiger partial charge < -0.3 is 0 Å². The van der Waals surface area contributed by atoms with E-state index in [0.29, 0.717) is 0 Å². The van der Waals surface area contributed by atoms with E-state index in [2.05, 4.69) is 48.5 Å². The van der Waals surface area contributed by atoms with Crippen LogP contribution in [0.25, 0.3) is 0 Å². The number of benzene rings is 2. The summed E-state index contributed by atoms with van der Waals surface area (Å²) < 4.78 is 0. The van der Waals surface area contributed by atoms with Crippen LogP contribution in [-0.2, 0) is 6.42 Å². The van der Waals surface area contributed by atoms with Crippen molar-refractivity contribution in [3.63, 3.8) is 0 Å². The molecule has 1 heterocycles. The predicted octanol–water partition coefficient (Wildman–Crippen LogP) is 6.32. The molecule has 0 aliphatic heterocycles. The normalized spacial score (nSPS) is 12.3. The van der Waals surface area contributed by atoms with Crippen molar-refractivity contribution in [1.29, 1.82) is 0 Å². The molecule has 106 valence electrons. The summed E-state index contributed by atoms with van der Waals surface area (Å²) in [6, 6.07) is 20.8. The first-order valence-corrected chi connectivity index (χ1v) is 8.43. The Morgan fingerprint density at radius 2 is 1.52 bits per heavy atom. The highest BCUT2D eigenvalue weighted by Gasteiger charge is 2.15. The number of rotatable bonds is 4. The third-order valence-corrected chi connectivity index (χ3v) is 5.42. The van der Waals surface area contributed by atoms with Gasteiger partial charge in [0.2, 0.25) is 0 Å². The second-order valence-electron chi connectivity index (χ2n) is 4.90. The van der Waals surface area contributed by atoms with Crippen LogP contribution < -0.4 is 0 Å². The number of alkyl halides is 1. The third-order valence-electron chi connectivity index (χ3n) is 3.40. The minimum absolute atomic E-state index is 0.178. The summed E-state index contributed by atoms with van der Waals surface area (Å²) in [6.45, 7) is 0. The van der Waals surface area contributed by atoms with E-state index in [1.54, 1.807) is 11.3 Å². The lowest BCUT2D eigenvalue weighted by atomic mass is 10.0. The zero-order valence-electron chi connectivity index (χ0n) is 11.3. The summed E-state index contributed by atoms with van der Waals surface area (Å²) >= 11 is 14.3. The lowest BCUT2D eigenvalue weighted by Crippen LogP contribution is -1.93. The first-order valence-electron chi connectivity index (χ1n) is 6.74. The first-order chi connectivity index (χ1) is 10.2. The Balaban J connectivity index is 1.77. The van der Waals surface area contributed by atoms with Crippen molar-refractivity contribution in [1.82, 2.24) is 0 Å². The standard InChI is InChI=1S/C18H14Cl2S/c19-16-10-11-21-18(16)17(20)15-8-6-14(7-9-15)12-13-4-2-1-3-5-13/h1-11,17H,12H2. The molecule has 0 N–H and O–H groups in total. The van der Waals surface area contributed by atoms with Gasteiger partial charge in [0.15, 0.2) is 0 Å². The van der Waals surface area contributed by atoms with Gasteiger partial charge in [0.05, 0.1) is 10.4 Å². The van der Waals surface area contributed by atoms with Crippen molar-refractivity contribution in [2.24, 2.45) is 0 Å². The van der Waals surface area contributed by atoms with Crippen LogP contribution in [0, 0.1) is 0 Å². The lowest BCUT2D eigenvalue weighted by Gasteiger charge is -2.10. The van der Waals surface area contributed by atoms with E-state index in [1.165, 1.54) is 11.1 Å². The Labute approximate surface area is 139 Å². The van der Waals surface area contributed by atoms with Crippen molar-refractivity contribution < 1.29 is 0 Å². The van der Waals surface area contributed by atoms with Crippen molar-refractivity contribution in [2.45, 2.75) is 11.8 Å². The van der Waals surface area contributed by atoms with Crippen molar-refractivity contribution >= 4 is 34.5 Å². The maximum atomic E-state index is 6.52. The van der Waals surface area contributed by atoms with Gasteiger partial charge in [-0.2, -0.15) is 0 Å². The number of halogens is 2. The molecule has 0 radical (unpaired) electrons. The van der Waals surface area contributed by atoms with Gasteiger partial charge in [-0.3, -0.25) is 0 Å². The topological polar surface area (TPSA) is 0 Å². The molecule has 3 aromatic rings. The molecule has 0 fully saturated rings. The monoisotopic (exact) mass is 332 g/mol. The number of thiophene rings is 1. The molecule has 0 bridgehead atoms. The van der Waals surface area contributed by atoms with Crippen molar-refractivity contribution in [3.05, 3.63) is 92.6 Å². The smallest absolute Gasteiger partial charge is 0.0942 e. The molecule has 1 unspecified atom stereocenters. The van der Waals surface area contributed by atoms with E-state index in [4.69, 9.17) is 23.2 Å². The fraction of sp³-hybridized carbons (Fsp3) is 0.111. The maximum absolute atomic E-state index is 6.52. The minimum Gasteiger partial charge on any atom is -0.145 e. The van der Waals surface area contributed by atoms with Crippen molar-refractivity contribution in [2.75, 3.05) is 0 Å². The molecule has 1 atom stereocenters. The minimum atomic E-state index is -0.178. The second-order valence-corrected chi connectivity index (χ2v) is 6.69. The van der Waals surface area contributed by atoms with Crippen LogP contribution in [0.3, 0.4) is 0 Å². The summed E-state index contributed by atoms with van der Waals surface area (Å²) in [5, 5.41) is 2.54. The summed E-state index contributed by atoms with van der Waals surface area (Å²) in [6.07, 6.45) is 0.938. The molecular weight excluding hydrogens is 319 g/mol. The fourth-order valence-electron chi connectivity index (χ4n) is 2.27. The summed E-state index contributed by atoms with van der Waals surface area (Å²) in [7, 11) is 0. The Morgan fingerprint density at radius 3 is 2.14 bits per heavy atom. The summed E-state index contributed by atoms with van der Waals surface area (Å²) in [5.74, 6) is 0. The van der Waals surface area contributed by atoms with Crippen LogP contribution in [-0.4, -0.2) is 0 Å². The molecule has 0 aliphatic carbocycles. The Hall–Kier alpha value is -1.28. The summed E-state index contributed by atoms with van der Waals surface area (Å²) in [4.78, 5) is 1.01. The van der Waals surface area contributed by atoms with Gasteiger partial charge in [0.25, 0.3) is 0 Å². The molecule has 0 spiro atoms. The van der Waals surface area contributed by atoms with Crippen LogP contribution in [0.1, 0.15) is 26.9 Å². The Morgan fingerprint density at radius 1 is 0.857 bits per heavy atom. The number of hydrogen-bond acceptors (Lipinski definition) is 1. The van der Waals surface area contributed by atoms with Gasteiger partial charge in [0, 0.05) is 4.88 Å². The molecule has 0 amide bonds. The molecule has 0 saturated heterocycles. The molecule has 0 nitrogen and oxygen atoms in total. The van der Waals surface area contributed by atoms with Gasteiger partial charge in [0.1, 0.15) is 0 Å². The highest BCUT2D eigenvalue weighted by Crippen LogP contribution is 2.37.